The Morgan fingerprint density at radius 2 is 1.90 bits per heavy atom. The Balaban J connectivity index is 1.47. The number of hydrogen-bond acceptors (Lipinski definition) is 7. The van der Waals surface area contributed by atoms with Crippen molar-refractivity contribution in [1.29, 1.82) is 0 Å². The SMILES string of the molecule is COc1cccc(-c2cnc3nnc(COc4ccnc5ccccc45)n3n2)c1. The van der Waals surface area contributed by atoms with E-state index < -0.39 is 0 Å². The molecule has 0 N–H and O–H groups in total. The minimum atomic E-state index is 0.200. The average molecular weight is 384 g/mol. The molecule has 0 fully saturated rings. The molecule has 0 saturated heterocycles. The zero-order valence-corrected chi connectivity index (χ0v) is 15.6. The zero-order chi connectivity index (χ0) is 19.6. The summed E-state index contributed by atoms with van der Waals surface area (Å²) in [4.78, 5) is 8.71. The second-order valence-electron chi connectivity index (χ2n) is 6.32. The molecule has 5 aromatic rings. The molecule has 8 heteroatoms. The Morgan fingerprint density at radius 1 is 0.966 bits per heavy atom. The highest BCUT2D eigenvalue weighted by Crippen LogP contribution is 2.24. The molecule has 5 rings (SSSR count). The Bertz CT molecular complexity index is 1310. The molecule has 0 saturated carbocycles. The van der Waals surface area contributed by atoms with Crippen LogP contribution in [0.5, 0.6) is 11.5 Å². The van der Waals surface area contributed by atoms with Crippen LogP contribution in [0.15, 0.2) is 67.0 Å². The van der Waals surface area contributed by atoms with Crippen molar-refractivity contribution in [3.05, 3.63) is 72.8 Å². The topological polar surface area (TPSA) is 87.3 Å². The molecule has 142 valence electrons. The van der Waals surface area contributed by atoms with E-state index in [0.29, 0.717) is 17.3 Å². The summed E-state index contributed by atoms with van der Waals surface area (Å²) in [5, 5.41) is 13.8. The minimum Gasteiger partial charge on any atom is -0.497 e. The molecule has 2 aromatic carbocycles. The lowest BCUT2D eigenvalue weighted by atomic mass is 10.1. The van der Waals surface area contributed by atoms with Crippen molar-refractivity contribution in [3.63, 3.8) is 0 Å². The first-order chi connectivity index (χ1) is 14.3. The molecule has 0 atom stereocenters. The monoisotopic (exact) mass is 384 g/mol. The first-order valence-electron chi connectivity index (χ1n) is 9.00. The van der Waals surface area contributed by atoms with Crippen LogP contribution in [0.25, 0.3) is 27.9 Å². The van der Waals surface area contributed by atoms with Gasteiger partial charge in [0.05, 0.1) is 18.8 Å². The Kier molecular flexibility index (Phi) is 4.21. The standard InChI is InChI=1S/C21H16N6O2/c1-28-15-6-4-5-14(11-15)18-12-23-21-25-24-20(27(21)26-18)13-29-19-9-10-22-17-8-3-2-7-16(17)19/h2-12H,13H2,1H3. The number of benzene rings is 2. The van der Waals surface area contributed by atoms with Gasteiger partial charge in [0, 0.05) is 17.1 Å². The molecule has 0 aliphatic heterocycles. The van der Waals surface area contributed by atoms with E-state index in [9.17, 15) is 0 Å². The van der Waals surface area contributed by atoms with Crippen LogP contribution < -0.4 is 9.47 Å². The number of nitrogens with zero attached hydrogens (tertiary/aromatic N) is 6. The van der Waals surface area contributed by atoms with Gasteiger partial charge in [-0.1, -0.05) is 24.3 Å². The summed E-state index contributed by atoms with van der Waals surface area (Å²) in [7, 11) is 1.63. The van der Waals surface area contributed by atoms with Crippen molar-refractivity contribution in [2.45, 2.75) is 6.61 Å². The number of methoxy groups -OCH3 is 1. The molecule has 0 aliphatic carbocycles. The molecule has 0 amide bonds. The highest BCUT2D eigenvalue weighted by molar-refractivity contribution is 5.84. The molecular formula is C21H16N6O2. The van der Waals surface area contributed by atoms with Gasteiger partial charge in [-0.3, -0.25) is 4.98 Å². The number of aromatic nitrogens is 6. The summed E-state index contributed by atoms with van der Waals surface area (Å²) in [6.45, 7) is 0.200. The molecule has 0 unspecified atom stereocenters. The molecular weight excluding hydrogens is 368 g/mol. The fraction of sp³-hybridized carbons (Fsp3) is 0.0952. The molecule has 8 nitrogen and oxygen atoms in total. The molecule has 29 heavy (non-hydrogen) atoms. The zero-order valence-electron chi connectivity index (χ0n) is 15.6. The molecule has 0 radical (unpaired) electrons. The highest BCUT2D eigenvalue weighted by atomic mass is 16.5. The Hall–Kier alpha value is -4.07. The van der Waals surface area contributed by atoms with E-state index in [4.69, 9.17) is 9.47 Å². The van der Waals surface area contributed by atoms with Crippen LogP contribution >= 0.6 is 0 Å². The molecule has 0 bridgehead atoms. The van der Waals surface area contributed by atoms with E-state index in [1.807, 2.05) is 54.6 Å². The lowest BCUT2D eigenvalue weighted by Gasteiger charge is -2.08. The average Bonchev–Trinajstić information content (AvgIpc) is 3.20. The lowest BCUT2D eigenvalue weighted by Crippen LogP contribution is -2.06. The maximum absolute atomic E-state index is 6.00. The third kappa shape index (κ3) is 3.20. The number of pyridine rings is 1. The summed E-state index contributed by atoms with van der Waals surface area (Å²) < 4.78 is 12.9. The van der Waals surface area contributed by atoms with Crippen molar-refractivity contribution in [1.82, 2.24) is 29.8 Å². The minimum absolute atomic E-state index is 0.200. The first-order valence-corrected chi connectivity index (χ1v) is 9.00. The number of fused-ring (bicyclic) bond motifs is 2. The van der Waals surface area contributed by atoms with Crippen LogP contribution in [0.4, 0.5) is 0 Å². The van der Waals surface area contributed by atoms with Crippen LogP contribution in [-0.2, 0) is 6.61 Å². The summed E-state index contributed by atoms with van der Waals surface area (Å²) in [6, 6.07) is 17.3. The van der Waals surface area contributed by atoms with Crippen molar-refractivity contribution in [3.8, 4) is 22.8 Å². The maximum Gasteiger partial charge on any atom is 0.272 e. The summed E-state index contributed by atoms with van der Waals surface area (Å²) in [5.41, 5.74) is 2.45. The van der Waals surface area contributed by atoms with E-state index in [-0.39, 0.29) is 6.61 Å². The van der Waals surface area contributed by atoms with Crippen molar-refractivity contribution >= 4 is 16.7 Å². The third-order valence-electron chi connectivity index (χ3n) is 4.53. The van der Waals surface area contributed by atoms with Crippen LogP contribution in [0.3, 0.4) is 0 Å². The van der Waals surface area contributed by atoms with Gasteiger partial charge in [-0.25, -0.2) is 4.98 Å². The molecule has 3 aromatic heterocycles. The van der Waals surface area contributed by atoms with E-state index in [0.717, 1.165) is 28.0 Å². The lowest BCUT2D eigenvalue weighted by molar-refractivity contribution is 0.296. The second kappa shape index (κ2) is 7.16. The fourth-order valence-corrected chi connectivity index (χ4v) is 3.08. The van der Waals surface area contributed by atoms with Gasteiger partial charge in [0.25, 0.3) is 5.78 Å². The quantitative estimate of drug-likeness (QED) is 0.459. The van der Waals surface area contributed by atoms with Crippen LogP contribution in [-0.4, -0.2) is 36.9 Å². The van der Waals surface area contributed by atoms with Gasteiger partial charge in [-0.15, -0.1) is 10.2 Å². The van der Waals surface area contributed by atoms with Gasteiger partial charge in [0.2, 0.25) is 0 Å². The van der Waals surface area contributed by atoms with Gasteiger partial charge in [0.15, 0.2) is 5.82 Å². The molecule has 0 aliphatic rings. The number of rotatable bonds is 5. The molecule has 0 spiro atoms. The number of hydrogen-bond donors (Lipinski definition) is 0. The largest absolute Gasteiger partial charge is 0.497 e. The smallest absolute Gasteiger partial charge is 0.272 e. The summed E-state index contributed by atoms with van der Waals surface area (Å²) in [5.74, 6) is 2.44. The third-order valence-corrected chi connectivity index (χ3v) is 4.53. The number of para-hydroxylation sites is 1. The van der Waals surface area contributed by atoms with Crippen LogP contribution in [0.2, 0.25) is 0 Å². The van der Waals surface area contributed by atoms with Crippen LogP contribution in [0.1, 0.15) is 5.82 Å². The summed E-state index contributed by atoms with van der Waals surface area (Å²) in [6.07, 6.45) is 3.39. The Morgan fingerprint density at radius 3 is 2.83 bits per heavy atom. The van der Waals surface area contributed by atoms with Gasteiger partial charge < -0.3 is 9.47 Å². The number of ether oxygens (including phenoxy) is 2. The van der Waals surface area contributed by atoms with Crippen LogP contribution in [0, 0.1) is 0 Å². The van der Waals surface area contributed by atoms with E-state index in [1.165, 1.54) is 0 Å². The highest BCUT2D eigenvalue weighted by Gasteiger charge is 2.12. The van der Waals surface area contributed by atoms with Crippen molar-refractivity contribution in [2.24, 2.45) is 0 Å². The van der Waals surface area contributed by atoms with E-state index in [1.54, 1.807) is 24.0 Å². The van der Waals surface area contributed by atoms with Gasteiger partial charge >= 0.3 is 0 Å². The van der Waals surface area contributed by atoms with Crippen molar-refractivity contribution in [2.75, 3.05) is 7.11 Å². The van der Waals surface area contributed by atoms with Crippen molar-refractivity contribution < 1.29 is 9.47 Å². The Labute approximate surface area is 165 Å². The van der Waals surface area contributed by atoms with E-state index >= 15 is 0 Å². The summed E-state index contributed by atoms with van der Waals surface area (Å²) >= 11 is 0. The van der Waals surface area contributed by atoms with Gasteiger partial charge in [0.1, 0.15) is 23.8 Å². The first kappa shape index (κ1) is 17.1. The normalized spacial score (nSPS) is 11.1. The second-order valence-corrected chi connectivity index (χ2v) is 6.32. The van der Waals surface area contributed by atoms with Gasteiger partial charge in [-0.2, -0.15) is 9.61 Å². The van der Waals surface area contributed by atoms with Gasteiger partial charge in [-0.05, 0) is 30.3 Å². The maximum atomic E-state index is 6.00. The predicted molar refractivity (Wildman–Crippen MR) is 107 cm³/mol. The molecule has 3 heterocycles. The van der Waals surface area contributed by atoms with E-state index in [2.05, 4.69) is 25.3 Å². The fourth-order valence-electron chi connectivity index (χ4n) is 3.08. The predicted octanol–water partition coefficient (Wildman–Crippen LogP) is 3.32.